The van der Waals surface area contributed by atoms with Gasteiger partial charge >= 0.3 is 5.97 Å². The standard InChI is InChI=1S/C19H37NO4/c1-2-3-4-5-8-17(11-14-21)9-6-7-10-19(23)24-16-13-18(20)12-15-22/h14,17-18,22H,2-13,15-16,20H2,1H3. The molecule has 0 saturated heterocycles. The van der Waals surface area contributed by atoms with Crippen LogP contribution in [0.1, 0.15) is 84.0 Å². The van der Waals surface area contributed by atoms with Crippen molar-refractivity contribution < 1.29 is 19.4 Å². The van der Waals surface area contributed by atoms with E-state index in [9.17, 15) is 9.59 Å². The van der Waals surface area contributed by atoms with Gasteiger partial charge in [0.2, 0.25) is 0 Å². The molecule has 0 aromatic rings. The van der Waals surface area contributed by atoms with E-state index in [0.717, 1.165) is 32.0 Å². The number of unbranched alkanes of at least 4 members (excludes halogenated alkanes) is 4. The molecule has 0 radical (unpaired) electrons. The lowest BCUT2D eigenvalue weighted by molar-refractivity contribution is -0.144. The van der Waals surface area contributed by atoms with Crippen LogP contribution in [0.4, 0.5) is 0 Å². The fourth-order valence-electron chi connectivity index (χ4n) is 2.78. The molecular weight excluding hydrogens is 306 g/mol. The van der Waals surface area contributed by atoms with Gasteiger partial charge in [-0.3, -0.25) is 4.79 Å². The van der Waals surface area contributed by atoms with E-state index in [1.165, 1.54) is 25.7 Å². The molecule has 0 bridgehead atoms. The normalized spacial score (nSPS) is 13.5. The van der Waals surface area contributed by atoms with Crippen molar-refractivity contribution in [3.8, 4) is 0 Å². The monoisotopic (exact) mass is 343 g/mol. The van der Waals surface area contributed by atoms with E-state index in [1.54, 1.807) is 0 Å². The van der Waals surface area contributed by atoms with E-state index in [1.807, 2.05) is 0 Å². The summed E-state index contributed by atoms with van der Waals surface area (Å²) >= 11 is 0. The molecule has 0 aliphatic carbocycles. The van der Waals surface area contributed by atoms with Gasteiger partial charge in [0.05, 0.1) is 6.61 Å². The highest BCUT2D eigenvalue weighted by atomic mass is 16.5. The van der Waals surface area contributed by atoms with Crippen molar-refractivity contribution in [2.75, 3.05) is 13.2 Å². The van der Waals surface area contributed by atoms with Crippen LogP contribution >= 0.6 is 0 Å². The van der Waals surface area contributed by atoms with E-state index in [2.05, 4.69) is 6.92 Å². The second kappa shape index (κ2) is 16.9. The minimum Gasteiger partial charge on any atom is -0.466 e. The molecule has 0 aromatic carbocycles. The van der Waals surface area contributed by atoms with Crippen molar-refractivity contribution >= 4 is 12.3 Å². The number of aliphatic hydroxyl groups excluding tert-OH is 1. The summed E-state index contributed by atoms with van der Waals surface area (Å²) in [7, 11) is 0. The maximum atomic E-state index is 11.6. The SMILES string of the molecule is CCCCCCC(CC=O)CCCCC(=O)OCCC(N)CCO. The Kier molecular flexibility index (Phi) is 16.2. The number of rotatable bonds is 17. The molecular formula is C19H37NO4. The zero-order valence-corrected chi connectivity index (χ0v) is 15.4. The van der Waals surface area contributed by atoms with E-state index in [4.69, 9.17) is 15.6 Å². The minimum absolute atomic E-state index is 0.0650. The Morgan fingerprint density at radius 2 is 1.79 bits per heavy atom. The zero-order valence-electron chi connectivity index (χ0n) is 15.4. The van der Waals surface area contributed by atoms with Crippen molar-refractivity contribution in [1.29, 1.82) is 0 Å². The fraction of sp³-hybridized carbons (Fsp3) is 0.895. The van der Waals surface area contributed by atoms with Crippen LogP contribution in [0, 0.1) is 5.92 Å². The number of aliphatic hydroxyl groups is 1. The van der Waals surface area contributed by atoms with Gasteiger partial charge < -0.3 is 20.4 Å². The lowest BCUT2D eigenvalue weighted by Gasteiger charge is -2.14. The van der Waals surface area contributed by atoms with Gasteiger partial charge in [0.25, 0.3) is 0 Å². The van der Waals surface area contributed by atoms with Crippen LogP contribution < -0.4 is 5.73 Å². The number of carbonyl (C=O) groups is 2. The van der Waals surface area contributed by atoms with Crippen molar-refractivity contribution in [3.63, 3.8) is 0 Å². The van der Waals surface area contributed by atoms with Crippen LogP contribution in [-0.2, 0) is 14.3 Å². The topological polar surface area (TPSA) is 89.6 Å². The van der Waals surface area contributed by atoms with Crippen molar-refractivity contribution in [2.24, 2.45) is 11.7 Å². The highest BCUT2D eigenvalue weighted by Gasteiger charge is 2.10. The third-order valence-corrected chi connectivity index (χ3v) is 4.39. The van der Waals surface area contributed by atoms with Gasteiger partial charge in [-0.15, -0.1) is 0 Å². The van der Waals surface area contributed by atoms with Gasteiger partial charge in [-0.1, -0.05) is 51.9 Å². The molecule has 24 heavy (non-hydrogen) atoms. The number of ether oxygens (including phenoxy) is 1. The van der Waals surface area contributed by atoms with E-state index >= 15 is 0 Å². The molecule has 0 aromatic heterocycles. The smallest absolute Gasteiger partial charge is 0.305 e. The molecule has 0 aliphatic heterocycles. The molecule has 2 unspecified atom stereocenters. The average molecular weight is 344 g/mol. The van der Waals surface area contributed by atoms with Crippen LogP contribution in [0.3, 0.4) is 0 Å². The molecule has 5 heteroatoms. The average Bonchev–Trinajstić information content (AvgIpc) is 2.55. The van der Waals surface area contributed by atoms with Crippen molar-refractivity contribution in [3.05, 3.63) is 0 Å². The predicted molar refractivity (Wildman–Crippen MR) is 96.7 cm³/mol. The number of hydrogen-bond donors (Lipinski definition) is 2. The zero-order chi connectivity index (χ0) is 18.0. The first-order valence-electron chi connectivity index (χ1n) is 9.59. The molecule has 3 N–H and O–H groups in total. The molecule has 142 valence electrons. The summed E-state index contributed by atoms with van der Waals surface area (Å²) in [6, 6.07) is -0.111. The third kappa shape index (κ3) is 14.6. The van der Waals surface area contributed by atoms with Crippen molar-refractivity contribution in [1.82, 2.24) is 0 Å². The van der Waals surface area contributed by atoms with Crippen LogP contribution in [0.2, 0.25) is 0 Å². The van der Waals surface area contributed by atoms with Gasteiger partial charge in [0, 0.05) is 25.5 Å². The molecule has 2 atom stereocenters. The number of nitrogens with two attached hydrogens (primary N) is 1. The molecule has 0 amide bonds. The first kappa shape index (κ1) is 23.1. The summed E-state index contributed by atoms with van der Waals surface area (Å²) in [5.74, 6) is 0.285. The number of aldehydes is 1. The number of esters is 1. The Morgan fingerprint density at radius 1 is 1.08 bits per heavy atom. The highest BCUT2D eigenvalue weighted by Crippen LogP contribution is 2.20. The second-order valence-corrected chi connectivity index (χ2v) is 6.65. The van der Waals surface area contributed by atoms with Crippen molar-refractivity contribution in [2.45, 2.75) is 90.0 Å². The predicted octanol–water partition coefficient (Wildman–Crippen LogP) is 3.37. The van der Waals surface area contributed by atoms with E-state index in [0.29, 0.717) is 38.2 Å². The lowest BCUT2D eigenvalue weighted by atomic mass is 9.92. The molecule has 0 spiro atoms. The van der Waals surface area contributed by atoms with Gasteiger partial charge in [-0.25, -0.2) is 0 Å². The van der Waals surface area contributed by atoms with Crippen LogP contribution in [0.5, 0.6) is 0 Å². The maximum absolute atomic E-state index is 11.6. The summed E-state index contributed by atoms with van der Waals surface area (Å²) in [4.78, 5) is 22.4. The summed E-state index contributed by atoms with van der Waals surface area (Å²) in [5, 5.41) is 8.74. The quantitative estimate of drug-likeness (QED) is 0.240. The van der Waals surface area contributed by atoms with Gasteiger partial charge in [0.15, 0.2) is 0 Å². The highest BCUT2D eigenvalue weighted by molar-refractivity contribution is 5.69. The third-order valence-electron chi connectivity index (χ3n) is 4.39. The van der Waals surface area contributed by atoms with Crippen LogP contribution in [0.15, 0.2) is 0 Å². The molecule has 5 nitrogen and oxygen atoms in total. The molecule has 0 saturated carbocycles. The maximum Gasteiger partial charge on any atom is 0.305 e. The fourth-order valence-corrected chi connectivity index (χ4v) is 2.78. The summed E-state index contributed by atoms with van der Waals surface area (Å²) in [5.41, 5.74) is 5.73. The second-order valence-electron chi connectivity index (χ2n) is 6.65. The number of carbonyl (C=O) groups excluding carboxylic acids is 2. The van der Waals surface area contributed by atoms with E-state index in [-0.39, 0.29) is 18.6 Å². The number of hydrogen-bond acceptors (Lipinski definition) is 5. The molecule has 0 fully saturated rings. The first-order valence-corrected chi connectivity index (χ1v) is 9.59. The Bertz CT molecular complexity index is 310. The van der Waals surface area contributed by atoms with Gasteiger partial charge in [-0.2, -0.15) is 0 Å². The largest absolute Gasteiger partial charge is 0.466 e. The van der Waals surface area contributed by atoms with E-state index < -0.39 is 0 Å². The molecule has 0 rings (SSSR count). The summed E-state index contributed by atoms with van der Waals surface area (Å²) in [6.07, 6.45) is 12.1. The molecule has 0 heterocycles. The summed E-state index contributed by atoms with van der Waals surface area (Å²) in [6.45, 7) is 2.59. The molecule has 0 aliphatic rings. The summed E-state index contributed by atoms with van der Waals surface area (Å²) < 4.78 is 5.15. The van der Waals surface area contributed by atoms with Gasteiger partial charge in [-0.05, 0) is 25.2 Å². The van der Waals surface area contributed by atoms with Gasteiger partial charge in [0.1, 0.15) is 6.29 Å². The Morgan fingerprint density at radius 3 is 2.42 bits per heavy atom. The Hall–Kier alpha value is -0.940. The van der Waals surface area contributed by atoms with Crippen LogP contribution in [0.25, 0.3) is 0 Å². The Balaban J connectivity index is 3.67. The van der Waals surface area contributed by atoms with Crippen LogP contribution in [-0.4, -0.2) is 36.6 Å². The first-order chi connectivity index (χ1) is 11.6. The Labute approximate surface area is 147 Å². The minimum atomic E-state index is -0.180. The lowest BCUT2D eigenvalue weighted by Crippen LogP contribution is -2.23.